The topological polar surface area (TPSA) is 102 Å². The van der Waals surface area contributed by atoms with Gasteiger partial charge in [0.15, 0.2) is 0 Å². The van der Waals surface area contributed by atoms with E-state index in [1.54, 1.807) is 0 Å². The van der Waals surface area contributed by atoms with Crippen LogP contribution < -0.4 is 5.73 Å². The number of nitrogens with zero attached hydrogens (tertiary/aromatic N) is 2. The number of hydrogen-bond acceptors (Lipinski definition) is 5. The zero-order chi connectivity index (χ0) is 11.0. The van der Waals surface area contributed by atoms with Gasteiger partial charge in [0.05, 0.1) is 13.2 Å². The van der Waals surface area contributed by atoms with Crippen LogP contribution in [0, 0.1) is 0 Å². The van der Waals surface area contributed by atoms with Gasteiger partial charge in [0, 0.05) is 25.6 Å². The number of rotatable bonds is 7. The molecule has 6 heteroatoms. The molecule has 0 spiro atoms. The van der Waals surface area contributed by atoms with Crippen LogP contribution in [-0.4, -0.2) is 58.5 Å². The molecular formula is C8H19N3O3. The van der Waals surface area contributed by atoms with Gasteiger partial charge >= 0.3 is 0 Å². The van der Waals surface area contributed by atoms with Crippen LogP contribution in [0.5, 0.6) is 0 Å². The first-order chi connectivity index (χ1) is 6.65. The lowest BCUT2D eigenvalue weighted by Crippen LogP contribution is -2.39. The maximum Gasteiger partial charge on any atom is 0.140 e. The van der Waals surface area contributed by atoms with Crippen molar-refractivity contribution < 1.29 is 15.4 Å². The molecule has 0 bridgehead atoms. The Morgan fingerprint density at radius 2 is 1.86 bits per heavy atom. The van der Waals surface area contributed by atoms with Crippen molar-refractivity contribution >= 4 is 5.84 Å². The molecule has 1 atom stereocenters. The molecule has 0 aromatic carbocycles. The van der Waals surface area contributed by atoms with Crippen molar-refractivity contribution in [3.05, 3.63) is 0 Å². The van der Waals surface area contributed by atoms with E-state index in [9.17, 15) is 0 Å². The molecule has 0 amide bonds. The van der Waals surface area contributed by atoms with Crippen molar-refractivity contribution in [2.75, 3.05) is 26.3 Å². The fourth-order valence-electron chi connectivity index (χ4n) is 1.28. The van der Waals surface area contributed by atoms with Gasteiger partial charge < -0.3 is 21.2 Å². The highest BCUT2D eigenvalue weighted by molar-refractivity contribution is 5.80. The summed E-state index contributed by atoms with van der Waals surface area (Å²) in [6, 6.07) is 0.0326. The molecule has 0 heterocycles. The minimum absolute atomic E-state index is 0.0283. The zero-order valence-corrected chi connectivity index (χ0v) is 8.43. The van der Waals surface area contributed by atoms with E-state index in [1.807, 2.05) is 11.8 Å². The van der Waals surface area contributed by atoms with Crippen molar-refractivity contribution in [2.45, 2.75) is 19.4 Å². The second-order valence-electron chi connectivity index (χ2n) is 3.13. The number of oxime groups is 1. The van der Waals surface area contributed by atoms with Crippen LogP contribution in [0.1, 0.15) is 13.3 Å². The van der Waals surface area contributed by atoms with Crippen molar-refractivity contribution in [1.82, 2.24) is 4.90 Å². The standard InChI is InChI=1S/C8H19N3O3/c1-7(6-8(9)10-14)11(2-4-12)3-5-13/h7,12-14H,2-6H2,1H3,(H2,9,10). The first kappa shape index (κ1) is 13.2. The lowest BCUT2D eigenvalue weighted by molar-refractivity contribution is 0.130. The quantitative estimate of drug-likeness (QED) is 0.181. The second-order valence-corrected chi connectivity index (χ2v) is 3.13. The molecule has 5 N–H and O–H groups in total. The zero-order valence-electron chi connectivity index (χ0n) is 8.43. The SMILES string of the molecule is CC(CC(N)=NO)N(CCO)CCO. The van der Waals surface area contributed by atoms with E-state index < -0.39 is 0 Å². The van der Waals surface area contributed by atoms with Crippen molar-refractivity contribution in [3.8, 4) is 0 Å². The molecule has 0 rings (SSSR count). The third kappa shape index (κ3) is 5.00. The Kier molecular flexibility index (Phi) is 7.09. The second kappa shape index (κ2) is 7.54. The summed E-state index contributed by atoms with van der Waals surface area (Å²) in [5, 5.41) is 28.8. The van der Waals surface area contributed by atoms with E-state index in [4.69, 9.17) is 21.2 Å². The predicted octanol–water partition coefficient (Wildman–Crippen LogP) is -1.20. The van der Waals surface area contributed by atoms with Gasteiger partial charge in [-0.2, -0.15) is 0 Å². The molecule has 0 aromatic rings. The first-order valence-electron chi connectivity index (χ1n) is 4.57. The van der Waals surface area contributed by atoms with Crippen LogP contribution in [-0.2, 0) is 0 Å². The van der Waals surface area contributed by atoms with Gasteiger partial charge in [-0.15, -0.1) is 0 Å². The summed E-state index contributed by atoms with van der Waals surface area (Å²) < 4.78 is 0. The summed E-state index contributed by atoms with van der Waals surface area (Å²) in [6.45, 7) is 2.89. The number of aliphatic hydroxyl groups is 2. The largest absolute Gasteiger partial charge is 0.409 e. The number of nitrogens with two attached hydrogens (primary N) is 1. The van der Waals surface area contributed by atoms with Crippen LogP contribution in [0.3, 0.4) is 0 Å². The monoisotopic (exact) mass is 205 g/mol. The Morgan fingerprint density at radius 1 is 1.36 bits per heavy atom. The Bertz CT molecular complexity index is 169. The van der Waals surface area contributed by atoms with Crippen LogP contribution in [0.2, 0.25) is 0 Å². The molecule has 0 fully saturated rings. The third-order valence-electron chi connectivity index (χ3n) is 2.03. The van der Waals surface area contributed by atoms with E-state index in [0.717, 1.165) is 0 Å². The summed E-state index contributed by atoms with van der Waals surface area (Å²) in [5.74, 6) is 0.151. The van der Waals surface area contributed by atoms with Gasteiger partial charge in [-0.3, -0.25) is 4.90 Å². The van der Waals surface area contributed by atoms with Gasteiger partial charge in [-0.1, -0.05) is 5.16 Å². The fraction of sp³-hybridized carbons (Fsp3) is 0.875. The molecule has 0 aliphatic rings. The summed E-state index contributed by atoms with van der Waals surface area (Å²) >= 11 is 0. The van der Waals surface area contributed by atoms with Crippen molar-refractivity contribution in [3.63, 3.8) is 0 Å². The number of hydrogen-bond donors (Lipinski definition) is 4. The van der Waals surface area contributed by atoms with Gasteiger partial charge in [0.1, 0.15) is 5.84 Å². The molecule has 0 radical (unpaired) electrons. The average molecular weight is 205 g/mol. The summed E-state index contributed by atoms with van der Waals surface area (Å²) in [4.78, 5) is 1.87. The summed E-state index contributed by atoms with van der Waals surface area (Å²) in [5.41, 5.74) is 5.35. The van der Waals surface area contributed by atoms with Crippen LogP contribution in [0.15, 0.2) is 5.16 Å². The molecule has 0 aliphatic carbocycles. The third-order valence-corrected chi connectivity index (χ3v) is 2.03. The molecule has 0 saturated carbocycles. The highest BCUT2D eigenvalue weighted by Crippen LogP contribution is 2.02. The lowest BCUT2D eigenvalue weighted by atomic mass is 10.2. The molecule has 0 saturated heterocycles. The van der Waals surface area contributed by atoms with Crippen molar-refractivity contribution in [1.29, 1.82) is 0 Å². The molecule has 6 nitrogen and oxygen atoms in total. The Hall–Kier alpha value is -0.850. The summed E-state index contributed by atoms with van der Waals surface area (Å²) in [7, 11) is 0. The molecule has 84 valence electrons. The van der Waals surface area contributed by atoms with Gasteiger partial charge in [0.2, 0.25) is 0 Å². The fourth-order valence-corrected chi connectivity index (χ4v) is 1.28. The first-order valence-corrected chi connectivity index (χ1v) is 4.57. The lowest BCUT2D eigenvalue weighted by Gasteiger charge is -2.27. The number of amidine groups is 1. The average Bonchev–Trinajstić information content (AvgIpc) is 2.17. The molecule has 0 aromatic heterocycles. The van der Waals surface area contributed by atoms with Gasteiger partial charge in [-0.25, -0.2) is 0 Å². The van der Waals surface area contributed by atoms with E-state index in [0.29, 0.717) is 19.5 Å². The van der Waals surface area contributed by atoms with Crippen LogP contribution in [0.25, 0.3) is 0 Å². The molecule has 1 unspecified atom stereocenters. The summed E-state index contributed by atoms with van der Waals surface area (Å²) in [6.07, 6.45) is 0.413. The predicted molar refractivity (Wildman–Crippen MR) is 53.2 cm³/mol. The molecular weight excluding hydrogens is 186 g/mol. The number of aliphatic hydroxyl groups excluding tert-OH is 2. The maximum atomic E-state index is 8.77. The van der Waals surface area contributed by atoms with E-state index in [1.165, 1.54) is 0 Å². The van der Waals surface area contributed by atoms with Crippen molar-refractivity contribution in [2.24, 2.45) is 10.9 Å². The highest BCUT2D eigenvalue weighted by Gasteiger charge is 2.14. The maximum absolute atomic E-state index is 8.77. The van der Waals surface area contributed by atoms with Crippen LogP contribution in [0.4, 0.5) is 0 Å². The minimum Gasteiger partial charge on any atom is -0.409 e. The minimum atomic E-state index is 0.0283. The Balaban J connectivity index is 4.06. The highest BCUT2D eigenvalue weighted by atomic mass is 16.4. The Morgan fingerprint density at radius 3 is 2.21 bits per heavy atom. The molecule has 0 aliphatic heterocycles. The normalized spacial score (nSPS) is 14.7. The van der Waals surface area contributed by atoms with Gasteiger partial charge in [-0.05, 0) is 6.92 Å². The van der Waals surface area contributed by atoms with E-state index in [-0.39, 0.29) is 25.1 Å². The van der Waals surface area contributed by atoms with E-state index in [2.05, 4.69) is 5.16 Å². The molecule has 14 heavy (non-hydrogen) atoms. The smallest absolute Gasteiger partial charge is 0.140 e. The van der Waals surface area contributed by atoms with Crippen LogP contribution >= 0.6 is 0 Å². The Labute approximate surface area is 83.6 Å². The van der Waals surface area contributed by atoms with Gasteiger partial charge in [0.25, 0.3) is 0 Å². The van der Waals surface area contributed by atoms with E-state index >= 15 is 0 Å².